The molecule has 0 saturated carbocycles. The van der Waals surface area contributed by atoms with E-state index in [1.165, 1.54) is 24.9 Å². The largest absolute Gasteiger partial charge is 0.493 e. The lowest BCUT2D eigenvalue weighted by atomic mass is 10.1. The molecule has 4 rings (SSSR count). The van der Waals surface area contributed by atoms with E-state index >= 15 is 0 Å². The number of methoxy groups -OCH3 is 1. The molecule has 0 saturated heterocycles. The fourth-order valence-electron chi connectivity index (χ4n) is 3.18. The number of fused-ring (bicyclic) bond motifs is 1. The first-order chi connectivity index (χ1) is 14.6. The molecule has 0 spiro atoms. The standard InChI is InChI=1S/C24H20N2O4/c1-16(27)18-8-10-19(11-9-18)26-15-25-21-13-23(22(29-2)12-20(21)24(26)28)30-14-17-6-4-3-5-7-17/h3-13,15H,14H2,1-2H3. The van der Waals surface area contributed by atoms with Crippen LogP contribution >= 0.6 is 0 Å². The number of rotatable bonds is 6. The average molecular weight is 400 g/mol. The summed E-state index contributed by atoms with van der Waals surface area (Å²) in [5.74, 6) is 0.949. The number of carbonyl (C=O) groups excluding carboxylic acids is 1. The maximum absolute atomic E-state index is 13.1. The fraction of sp³-hybridized carbons (Fsp3) is 0.125. The van der Waals surface area contributed by atoms with Crippen molar-refractivity contribution < 1.29 is 14.3 Å². The normalized spacial score (nSPS) is 10.7. The second kappa shape index (κ2) is 8.21. The molecule has 0 fully saturated rings. The SMILES string of the molecule is COc1cc2c(=O)n(-c3ccc(C(C)=O)cc3)cnc2cc1OCc1ccccc1. The molecule has 30 heavy (non-hydrogen) atoms. The first-order valence-corrected chi connectivity index (χ1v) is 9.44. The van der Waals surface area contributed by atoms with Gasteiger partial charge in [-0.3, -0.25) is 14.2 Å². The highest BCUT2D eigenvalue weighted by Gasteiger charge is 2.13. The van der Waals surface area contributed by atoms with Gasteiger partial charge in [-0.25, -0.2) is 4.98 Å². The number of nitrogens with zero attached hydrogens (tertiary/aromatic N) is 2. The van der Waals surface area contributed by atoms with Gasteiger partial charge >= 0.3 is 0 Å². The molecular weight excluding hydrogens is 380 g/mol. The average Bonchev–Trinajstić information content (AvgIpc) is 2.78. The number of ether oxygens (including phenoxy) is 2. The van der Waals surface area contributed by atoms with E-state index in [0.29, 0.717) is 40.3 Å². The minimum absolute atomic E-state index is 0.0294. The van der Waals surface area contributed by atoms with Gasteiger partial charge in [-0.2, -0.15) is 0 Å². The van der Waals surface area contributed by atoms with Crippen molar-refractivity contribution in [3.8, 4) is 17.2 Å². The third-order valence-electron chi connectivity index (χ3n) is 4.83. The molecule has 0 radical (unpaired) electrons. The van der Waals surface area contributed by atoms with Crippen LogP contribution in [0.5, 0.6) is 11.5 Å². The Balaban J connectivity index is 1.71. The van der Waals surface area contributed by atoms with Crippen molar-refractivity contribution in [1.82, 2.24) is 9.55 Å². The minimum Gasteiger partial charge on any atom is -0.493 e. The van der Waals surface area contributed by atoms with E-state index in [9.17, 15) is 9.59 Å². The van der Waals surface area contributed by atoms with E-state index in [-0.39, 0.29) is 11.3 Å². The zero-order valence-corrected chi connectivity index (χ0v) is 16.7. The summed E-state index contributed by atoms with van der Waals surface area (Å²) in [6.07, 6.45) is 1.47. The summed E-state index contributed by atoms with van der Waals surface area (Å²) in [4.78, 5) is 29.0. The van der Waals surface area contributed by atoms with Gasteiger partial charge in [0.05, 0.1) is 23.7 Å². The topological polar surface area (TPSA) is 70.4 Å². The van der Waals surface area contributed by atoms with Crippen LogP contribution in [0.3, 0.4) is 0 Å². The van der Waals surface area contributed by atoms with Crippen LogP contribution in [-0.2, 0) is 6.61 Å². The van der Waals surface area contributed by atoms with Crippen LogP contribution in [0.15, 0.2) is 77.9 Å². The van der Waals surface area contributed by atoms with Crippen molar-refractivity contribution in [3.05, 3.63) is 94.5 Å². The molecule has 6 heteroatoms. The van der Waals surface area contributed by atoms with E-state index in [0.717, 1.165) is 5.56 Å². The van der Waals surface area contributed by atoms with Crippen LogP contribution in [0.1, 0.15) is 22.8 Å². The van der Waals surface area contributed by atoms with Crippen molar-refractivity contribution in [2.75, 3.05) is 7.11 Å². The number of hydrogen-bond donors (Lipinski definition) is 0. The molecule has 0 atom stereocenters. The molecule has 0 bridgehead atoms. The summed E-state index contributed by atoms with van der Waals surface area (Å²) in [7, 11) is 1.53. The molecule has 4 aromatic rings. The highest BCUT2D eigenvalue weighted by atomic mass is 16.5. The summed E-state index contributed by atoms with van der Waals surface area (Å²) < 4.78 is 12.8. The molecule has 1 aromatic heterocycles. The van der Waals surface area contributed by atoms with E-state index in [1.54, 1.807) is 36.4 Å². The first-order valence-electron chi connectivity index (χ1n) is 9.44. The van der Waals surface area contributed by atoms with Gasteiger partial charge in [0.25, 0.3) is 5.56 Å². The minimum atomic E-state index is -0.233. The molecule has 0 N–H and O–H groups in total. The van der Waals surface area contributed by atoms with Crippen LogP contribution in [-0.4, -0.2) is 22.4 Å². The Hall–Kier alpha value is -3.93. The maximum Gasteiger partial charge on any atom is 0.265 e. The maximum atomic E-state index is 13.1. The molecule has 0 aliphatic heterocycles. The summed E-state index contributed by atoms with van der Waals surface area (Å²) in [6, 6.07) is 20.0. The molecule has 0 aliphatic carbocycles. The van der Waals surface area contributed by atoms with Crippen molar-refractivity contribution in [1.29, 1.82) is 0 Å². The summed E-state index contributed by atoms with van der Waals surface area (Å²) in [6.45, 7) is 1.88. The van der Waals surface area contributed by atoms with Crippen LogP contribution in [0.2, 0.25) is 0 Å². The third kappa shape index (κ3) is 3.80. The van der Waals surface area contributed by atoms with Crippen LogP contribution in [0, 0.1) is 0 Å². The van der Waals surface area contributed by atoms with Crippen LogP contribution < -0.4 is 15.0 Å². The number of hydrogen-bond acceptors (Lipinski definition) is 5. The lowest BCUT2D eigenvalue weighted by Crippen LogP contribution is -2.19. The third-order valence-corrected chi connectivity index (χ3v) is 4.83. The monoisotopic (exact) mass is 400 g/mol. The van der Waals surface area contributed by atoms with Gasteiger partial charge in [0.1, 0.15) is 12.9 Å². The Morgan fingerprint density at radius 3 is 2.40 bits per heavy atom. The second-order valence-corrected chi connectivity index (χ2v) is 6.82. The highest BCUT2D eigenvalue weighted by Crippen LogP contribution is 2.31. The quantitative estimate of drug-likeness (QED) is 0.454. The highest BCUT2D eigenvalue weighted by molar-refractivity contribution is 5.94. The van der Waals surface area contributed by atoms with Gasteiger partial charge in [0.15, 0.2) is 17.3 Å². The summed E-state index contributed by atoms with van der Waals surface area (Å²) in [5.41, 5.74) is 2.52. The number of ketones is 1. The number of Topliss-reactive ketones (excluding diaryl/α,β-unsaturated/α-hetero) is 1. The Morgan fingerprint density at radius 2 is 1.73 bits per heavy atom. The Morgan fingerprint density at radius 1 is 1.00 bits per heavy atom. The molecular formula is C24H20N2O4. The predicted molar refractivity (Wildman–Crippen MR) is 115 cm³/mol. The Labute approximate surface area is 173 Å². The molecule has 3 aromatic carbocycles. The Bertz CT molecular complexity index is 1260. The molecule has 0 unspecified atom stereocenters. The lowest BCUT2D eigenvalue weighted by Gasteiger charge is -2.13. The molecule has 0 aliphatic rings. The van der Waals surface area contributed by atoms with Gasteiger partial charge in [0, 0.05) is 11.6 Å². The molecule has 150 valence electrons. The predicted octanol–water partition coefficient (Wildman–Crippen LogP) is 4.18. The van der Waals surface area contributed by atoms with Gasteiger partial charge in [-0.05, 0) is 42.8 Å². The number of carbonyl (C=O) groups is 1. The van der Waals surface area contributed by atoms with E-state index < -0.39 is 0 Å². The molecule has 0 amide bonds. The van der Waals surface area contributed by atoms with E-state index in [2.05, 4.69) is 4.98 Å². The zero-order valence-electron chi connectivity index (χ0n) is 16.7. The number of aromatic nitrogens is 2. The van der Waals surface area contributed by atoms with Crippen LogP contribution in [0.25, 0.3) is 16.6 Å². The molecule has 1 heterocycles. The van der Waals surface area contributed by atoms with Gasteiger partial charge in [-0.1, -0.05) is 30.3 Å². The van der Waals surface area contributed by atoms with Gasteiger partial charge in [-0.15, -0.1) is 0 Å². The van der Waals surface area contributed by atoms with Gasteiger partial charge in [0.2, 0.25) is 0 Å². The van der Waals surface area contributed by atoms with Crippen LogP contribution in [0.4, 0.5) is 0 Å². The zero-order chi connectivity index (χ0) is 21.1. The summed E-state index contributed by atoms with van der Waals surface area (Å²) in [5, 5.41) is 0.414. The van der Waals surface area contributed by atoms with Crippen molar-refractivity contribution in [2.24, 2.45) is 0 Å². The first kappa shape index (κ1) is 19.4. The van der Waals surface area contributed by atoms with E-state index in [4.69, 9.17) is 9.47 Å². The molecule has 6 nitrogen and oxygen atoms in total. The fourth-order valence-corrected chi connectivity index (χ4v) is 3.18. The second-order valence-electron chi connectivity index (χ2n) is 6.82. The Kier molecular flexibility index (Phi) is 5.30. The van der Waals surface area contributed by atoms with Crippen molar-refractivity contribution >= 4 is 16.7 Å². The van der Waals surface area contributed by atoms with Crippen molar-refractivity contribution in [3.63, 3.8) is 0 Å². The number of benzene rings is 3. The lowest BCUT2D eigenvalue weighted by molar-refractivity contribution is 0.101. The van der Waals surface area contributed by atoms with E-state index in [1.807, 2.05) is 30.3 Å². The van der Waals surface area contributed by atoms with Crippen molar-refractivity contribution in [2.45, 2.75) is 13.5 Å². The smallest absolute Gasteiger partial charge is 0.265 e. The van der Waals surface area contributed by atoms with Gasteiger partial charge < -0.3 is 9.47 Å². The summed E-state index contributed by atoms with van der Waals surface area (Å²) >= 11 is 0.